The first-order chi connectivity index (χ1) is 5.66. The van der Waals surface area contributed by atoms with Crippen LogP contribution in [0.5, 0.6) is 0 Å². The van der Waals surface area contributed by atoms with Crippen LogP contribution in [0.15, 0.2) is 24.4 Å². The lowest BCUT2D eigenvalue weighted by atomic mass is 10.4. The highest BCUT2D eigenvalue weighted by Crippen LogP contribution is 1.86. The monoisotopic (exact) mass is 197 g/mol. The maximum absolute atomic E-state index is 9.81. The molecule has 0 bridgehead atoms. The minimum Gasteiger partial charge on any atom is -0.300 e. The Labute approximate surface area is 88.4 Å². The van der Waals surface area contributed by atoms with E-state index in [-0.39, 0.29) is 20.6 Å². The summed E-state index contributed by atoms with van der Waals surface area (Å²) in [5.41, 5.74) is 1.07. The number of aromatic nitrogens is 1. The van der Waals surface area contributed by atoms with Gasteiger partial charge in [-0.15, -0.1) is 0 Å². The molecule has 1 heterocycles. The Morgan fingerprint density at radius 1 is 1.36 bits per heavy atom. The summed E-state index contributed by atoms with van der Waals surface area (Å²) in [4.78, 5) is 13.8. The second-order valence-electron chi connectivity index (χ2n) is 2.53. The van der Waals surface area contributed by atoms with Crippen LogP contribution in [0.4, 0.5) is 0 Å². The SMILES string of the molecule is C.C.CCC(C)=O.Cc1ccccn1. The molecule has 0 amide bonds. The molecule has 0 atom stereocenters. The van der Waals surface area contributed by atoms with Crippen LogP contribution in [0, 0.1) is 6.92 Å². The van der Waals surface area contributed by atoms with Crippen LogP contribution >= 0.6 is 0 Å². The maximum atomic E-state index is 9.81. The van der Waals surface area contributed by atoms with E-state index in [9.17, 15) is 4.79 Å². The van der Waals surface area contributed by atoms with Crippen LogP contribution in [0.25, 0.3) is 0 Å². The molecule has 0 unspecified atom stereocenters. The van der Waals surface area contributed by atoms with E-state index in [1.165, 1.54) is 0 Å². The number of Topliss-reactive ketones (excluding diaryl/α,β-unsaturated/α-hetero) is 1. The Hall–Kier alpha value is -1.18. The predicted octanol–water partition coefficient (Wildman–Crippen LogP) is 3.65. The molecule has 0 aromatic carbocycles. The second-order valence-corrected chi connectivity index (χ2v) is 2.53. The Balaban J connectivity index is -0.000000159. The van der Waals surface area contributed by atoms with Crippen LogP contribution in [-0.2, 0) is 4.79 Å². The summed E-state index contributed by atoms with van der Waals surface area (Å²) in [6, 6.07) is 5.86. The summed E-state index contributed by atoms with van der Waals surface area (Å²) >= 11 is 0. The van der Waals surface area contributed by atoms with Crippen LogP contribution < -0.4 is 0 Å². The smallest absolute Gasteiger partial charge is 0.129 e. The fourth-order valence-electron chi connectivity index (χ4n) is 0.448. The van der Waals surface area contributed by atoms with E-state index in [0.29, 0.717) is 6.42 Å². The number of pyridine rings is 1. The molecule has 0 N–H and O–H groups in total. The van der Waals surface area contributed by atoms with E-state index >= 15 is 0 Å². The summed E-state index contributed by atoms with van der Waals surface area (Å²) in [5, 5.41) is 0. The van der Waals surface area contributed by atoms with Crippen LogP contribution in [-0.4, -0.2) is 10.8 Å². The number of carbonyl (C=O) groups is 1. The summed E-state index contributed by atoms with van der Waals surface area (Å²) < 4.78 is 0. The van der Waals surface area contributed by atoms with Gasteiger partial charge in [0.15, 0.2) is 0 Å². The van der Waals surface area contributed by atoms with Crippen molar-refractivity contribution >= 4 is 5.78 Å². The van der Waals surface area contributed by atoms with Crippen molar-refractivity contribution in [1.29, 1.82) is 0 Å². The van der Waals surface area contributed by atoms with Crippen LogP contribution in [0.1, 0.15) is 40.8 Å². The number of hydrogen-bond acceptors (Lipinski definition) is 2. The number of nitrogens with zero attached hydrogens (tertiary/aromatic N) is 1. The predicted molar refractivity (Wildman–Crippen MR) is 63.4 cm³/mol. The first-order valence-corrected chi connectivity index (χ1v) is 4.04. The van der Waals surface area contributed by atoms with Gasteiger partial charge in [0.2, 0.25) is 0 Å². The van der Waals surface area contributed by atoms with Crippen molar-refractivity contribution in [1.82, 2.24) is 4.98 Å². The minimum absolute atomic E-state index is 0. The van der Waals surface area contributed by atoms with E-state index in [1.807, 2.05) is 32.0 Å². The highest BCUT2D eigenvalue weighted by atomic mass is 16.1. The Morgan fingerprint density at radius 3 is 2.00 bits per heavy atom. The zero-order valence-corrected chi connectivity index (χ0v) is 7.87. The maximum Gasteiger partial charge on any atom is 0.129 e. The number of hydrogen-bond donors (Lipinski definition) is 0. The van der Waals surface area contributed by atoms with Crippen molar-refractivity contribution in [3.8, 4) is 0 Å². The van der Waals surface area contributed by atoms with Gasteiger partial charge in [0.25, 0.3) is 0 Å². The average Bonchev–Trinajstić information content (AvgIpc) is 2.07. The third-order valence-electron chi connectivity index (χ3n) is 1.31. The molecule has 0 aliphatic heterocycles. The lowest BCUT2D eigenvalue weighted by Crippen LogP contribution is -1.80. The first kappa shape index (κ1) is 18.6. The Morgan fingerprint density at radius 2 is 1.86 bits per heavy atom. The van der Waals surface area contributed by atoms with E-state index < -0.39 is 0 Å². The van der Waals surface area contributed by atoms with Crippen molar-refractivity contribution in [2.45, 2.75) is 42.0 Å². The van der Waals surface area contributed by atoms with Crippen LogP contribution in [0.3, 0.4) is 0 Å². The van der Waals surface area contributed by atoms with E-state index in [1.54, 1.807) is 13.1 Å². The lowest BCUT2D eigenvalue weighted by molar-refractivity contribution is -0.116. The average molecular weight is 197 g/mol. The number of aryl methyl sites for hydroxylation is 1. The minimum atomic E-state index is 0. The number of ketones is 1. The van der Waals surface area contributed by atoms with Gasteiger partial charge >= 0.3 is 0 Å². The molecule has 14 heavy (non-hydrogen) atoms. The van der Waals surface area contributed by atoms with Crippen molar-refractivity contribution in [2.75, 3.05) is 0 Å². The van der Waals surface area contributed by atoms with E-state index in [0.717, 1.165) is 5.69 Å². The van der Waals surface area contributed by atoms with Gasteiger partial charge in [0.1, 0.15) is 5.78 Å². The van der Waals surface area contributed by atoms with Crippen LogP contribution in [0.2, 0.25) is 0 Å². The van der Waals surface area contributed by atoms with Gasteiger partial charge in [-0.25, -0.2) is 0 Å². The first-order valence-electron chi connectivity index (χ1n) is 4.04. The fourth-order valence-corrected chi connectivity index (χ4v) is 0.448. The zero-order chi connectivity index (χ0) is 9.40. The molecule has 0 fully saturated rings. The molecule has 1 rings (SSSR count). The molecule has 2 heteroatoms. The molecular formula is C12H23NO. The lowest BCUT2D eigenvalue weighted by Gasteiger charge is -1.82. The molecule has 0 saturated carbocycles. The normalized spacial score (nSPS) is 7.07. The standard InChI is InChI=1S/C6H7N.C4H8O.2CH4/c1-6-4-2-3-5-7-6;1-3-4(2)5;;/h2-5H,1H3;3H2,1-2H3;2*1H4. The van der Waals surface area contributed by atoms with Crippen molar-refractivity contribution in [3.63, 3.8) is 0 Å². The van der Waals surface area contributed by atoms with E-state index in [2.05, 4.69) is 4.98 Å². The summed E-state index contributed by atoms with van der Waals surface area (Å²) in [6.07, 6.45) is 2.45. The molecular weight excluding hydrogens is 174 g/mol. The third kappa shape index (κ3) is 13.4. The van der Waals surface area contributed by atoms with Crippen molar-refractivity contribution in [3.05, 3.63) is 30.1 Å². The van der Waals surface area contributed by atoms with Gasteiger partial charge in [-0.2, -0.15) is 0 Å². The number of rotatable bonds is 1. The summed E-state index contributed by atoms with van der Waals surface area (Å²) in [5.74, 6) is 0.255. The molecule has 2 nitrogen and oxygen atoms in total. The van der Waals surface area contributed by atoms with Gasteiger partial charge in [0, 0.05) is 18.3 Å². The molecule has 0 saturated heterocycles. The third-order valence-corrected chi connectivity index (χ3v) is 1.31. The molecule has 0 aliphatic carbocycles. The van der Waals surface area contributed by atoms with E-state index in [4.69, 9.17) is 0 Å². The molecule has 1 aromatic heterocycles. The highest BCUT2D eigenvalue weighted by Gasteiger charge is 1.77. The quantitative estimate of drug-likeness (QED) is 0.688. The second kappa shape index (κ2) is 11.8. The molecule has 0 radical (unpaired) electrons. The van der Waals surface area contributed by atoms with Gasteiger partial charge in [-0.3, -0.25) is 4.98 Å². The van der Waals surface area contributed by atoms with Gasteiger partial charge < -0.3 is 4.79 Å². The number of carbonyl (C=O) groups excluding carboxylic acids is 1. The van der Waals surface area contributed by atoms with Gasteiger partial charge in [-0.1, -0.05) is 27.8 Å². The van der Waals surface area contributed by atoms with Gasteiger partial charge in [0.05, 0.1) is 0 Å². The summed E-state index contributed by atoms with van der Waals surface area (Å²) in [6.45, 7) is 5.41. The fraction of sp³-hybridized carbons (Fsp3) is 0.500. The summed E-state index contributed by atoms with van der Waals surface area (Å²) in [7, 11) is 0. The molecule has 82 valence electrons. The Kier molecular flexibility index (Phi) is 15.7. The highest BCUT2D eigenvalue weighted by molar-refractivity contribution is 5.74. The Bertz CT molecular complexity index is 219. The van der Waals surface area contributed by atoms with Crippen molar-refractivity contribution < 1.29 is 4.79 Å². The topological polar surface area (TPSA) is 30.0 Å². The molecule has 1 aromatic rings. The zero-order valence-electron chi connectivity index (χ0n) is 7.87. The molecule has 0 spiro atoms. The van der Waals surface area contributed by atoms with Gasteiger partial charge in [-0.05, 0) is 26.0 Å². The largest absolute Gasteiger partial charge is 0.300 e. The molecule has 0 aliphatic rings. The van der Waals surface area contributed by atoms with Crippen molar-refractivity contribution in [2.24, 2.45) is 0 Å².